The molecule has 2 aliphatic rings. The first-order valence-corrected chi connectivity index (χ1v) is 5.64. The minimum absolute atomic E-state index is 0.178. The number of aliphatic hydroxyl groups is 1. The maximum absolute atomic E-state index is 9.71. The van der Waals surface area contributed by atoms with Gasteiger partial charge in [0.1, 0.15) is 0 Å². The second kappa shape index (κ2) is 4.43. The lowest BCUT2D eigenvalue weighted by Gasteiger charge is -2.22. The highest BCUT2D eigenvalue weighted by atomic mass is 16.5. The van der Waals surface area contributed by atoms with Crippen LogP contribution in [0.25, 0.3) is 0 Å². The van der Waals surface area contributed by atoms with Crippen LogP contribution in [0.2, 0.25) is 0 Å². The van der Waals surface area contributed by atoms with Gasteiger partial charge in [0.25, 0.3) is 0 Å². The van der Waals surface area contributed by atoms with Crippen LogP contribution in [0.15, 0.2) is 0 Å². The van der Waals surface area contributed by atoms with E-state index < -0.39 is 0 Å². The van der Waals surface area contributed by atoms with Crippen molar-refractivity contribution < 1.29 is 9.84 Å². The van der Waals surface area contributed by atoms with Crippen LogP contribution in [0.1, 0.15) is 38.5 Å². The molecule has 0 amide bonds. The highest BCUT2D eigenvalue weighted by molar-refractivity contribution is 4.81. The quantitative estimate of drug-likeness (QED) is 0.631. The number of hydrogen-bond acceptors (Lipinski definition) is 2. The van der Waals surface area contributed by atoms with Crippen molar-refractivity contribution in [1.82, 2.24) is 0 Å². The van der Waals surface area contributed by atoms with E-state index in [0.717, 1.165) is 12.5 Å². The molecule has 2 heteroatoms. The Kier molecular flexibility index (Phi) is 3.23. The van der Waals surface area contributed by atoms with Gasteiger partial charge in [-0.05, 0) is 18.8 Å². The lowest BCUT2D eigenvalue weighted by molar-refractivity contribution is 0.100. The fourth-order valence-electron chi connectivity index (χ4n) is 2.75. The molecule has 1 saturated heterocycles. The molecule has 1 heterocycles. The summed E-state index contributed by atoms with van der Waals surface area (Å²) >= 11 is 0. The lowest BCUT2D eigenvalue weighted by atomic mass is 9.84. The van der Waals surface area contributed by atoms with E-state index in [9.17, 15) is 5.11 Å². The molecule has 0 aromatic rings. The number of rotatable bonds is 1. The highest BCUT2D eigenvalue weighted by Crippen LogP contribution is 2.33. The second-order valence-electron chi connectivity index (χ2n) is 4.52. The van der Waals surface area contributed by atoms with Crippen LogP contribution in [0.3, 0.4) is 0 Å². The molecule has 0 bridgehead atoms. The number of ether oxygens (including phenoxy) is 1. The van der Waals surface area contributed by atoms with E-state index in [2.05, 4.69) is 0 Å². The lowest BCUT2D eigenvalue weighted by Crippen LogP contribution is -2.26. The van der Waals surface area contributed by atoms with E-state index in [1.165, 1.54) is 38.5 Å². The largest absolute Gasteiger partial charge is 0.390 e. The Morgan fingerprint density at radius 3 is 2.15 bits per heavy atom. The molecule has 2 fully saturated rings. The summed E-state index contributed by atoms with van der Waals surface area (Å²) in [6.07, 6.45) is 7.93. The summed E-state index contributed by atoms with van der Waals surface area (Å²) in [5.41, 5.74) is 0. The van der Waals surface area contributed by atoms with Gasteiger partial charge in [-0.25, -0.2) is 0 Å². The Balaban J connectivity index is 1.89. The van der Waals surface area contributed by atoms with Gasteiger partial charge >= 0.3 is 0 Å². The van der Waals surface area contributed by atoms with E-state index in [0.29, 0.717) is 12.5 Å². The third-order valence-electron chi connectivity index (χ3n) is 3.60. The van der Waals surface area contributed by atoms with E-state index >= 15 is 0 Å². The van der Waals surface area contributed by atoms with Gasteiger partial charge in [0.2, 0.25) is 0 Å². The Labute approximate surface area is 80.3 Å². The van der Waals surface area contributed by atoms with Crippen molar-refractivity contribution in [2.45, 2.75) is 44.6 Å². The zero-order chi connectivity index (χ0) is 9.10. The number of hydrogen-bond donors (Lipinski definition) is 1. The zero-order valence-corrected chi connectivity index (χ0v) is 8.24. The maximum atomic E-state index is 9.71. The highest BCUT2D eigenvalue weighted by Gasteiger charge is 2.33. The van der Waals surface area contributed by atoms with Gasteiger partial charge in [0, 0.05) is 5.92 Å². The first-order chi connectivity index (χ1) is 6.38. The van der Waals surface area contributed by atoms with Crippen molar-refractivity contribution in [3.8, 4) is 0 Å². The predicted octanol–water partition coefficient (Wildman–Crippen LogP) is 1.96. The fourth-order valence-corrected chi connectivity index (χ4v) is 2.75. The molecule has 1 aliphatic heterocycles. The SMILES string of the molecule is O[C@@H]1COC[C@H]1C1CCCCCC1. The van der Waals surface area contributed by atoms with Crippen molar-refractivity contribution in [1.29, 1.82) is 0 Å². The number of aliphatic hydroxyl groups excluding tert-OH is 1. The van der Waals surface area contributed by atoms with Crippen LogP contribution in [0.4, 0.5) is 0 Å². The standard InChI is InChI=1S/C11H20O2/c12-11-8-13-7-10(11)9-5-3-1-2-4-6-9/h9-12H,1-8H2/t10-,11+/m0/s1. The van der Waals surface area contributed by atoms with Gasteiger partial charge in [0.05, 0.1) is 19.3 Å². The molecule has 2 nitrogen and oxygen atoms in total. The summed E-state index contributed by atoms with van der Waals surface area (Å²) in [4.78, 5) is 0. The smallest absolute Gasteiger partial charge is 0.0826 e. The summed E-state index contributed by atoms with van der Waals surface area (Å²) in [7, 11) is 0. The summed E-state index contributed by atoms with van der Waals surface area (Å²) in [6.45, 7) is 1.37. The molecule has 1 aliphatic carbocycles. The van der Waals surface area contributed by atoms with Crippen LogP contribution < -0.4 is 0 Å². The molecule has 0 aromatic heterocycles. The molecule has 1 saturated carbocycles. The van der Waals surface area contributed by atoms with Crippen molar-refractivity contribution in [2.24, 2.45) is 11.8 Å². The second-order valence-corrected chi connectivity index (χ2v) is 4.52. The van der Waals surface area contributed by atoms with E-state index in [-0.39, 0.29) is 6.10 Å². The minimum Gasteiger partial charge on any atom is -0.390 e. The molecule has 2 atom stereocenters. The summed E-state index contributed by atoms with van der Waals surface area (Å²) < 4.78 is 5.31. The monoisotopic (exact) mass is 184 g/mol. The first kappa shape index (κ1) is 9.47. The zero-order valence-electron chi connectivity index (χ0n) is 8.24. The van der Waals surface area contributed by atoms with E-state index in [1.807, 2.05) is 0 Å². The van der Waals surface area contributed by atoms with Gasteiger partial charge in [-0.1, -0.05) is 25.7 Å². The van der Waals surface area contributed by atoms with Gasteiger partial charge in [-0.2, -0.15) is 0 Å². The molecule has 0 radical (unpaired) electrons. The van der Waals surface area contributed by atoms with Gasteiger partial charge in [-0.15, -0.1) is 0 Å². The summed E-state index contributed by atoms with van der Waals surface area (Å²) in [6, 6.07) is 0. The Bertz CT molecular complexity index is 150. The van der Waals surface area contributed by atoms with E-state index in [1.54, 1.807) is 0 Å². The molecule has 13 heavy (non-hydrogen) atoms. The Hall–Kier alpha value is -0.0800. The maximum Gasteiger partial charge on any atom is 0.0826 e. The van der Waals surface area contributed by atoms with Crippen molar-refractivity contribution in [3.63, 3.8) is 0 Å². The minimum atomic E-state index is -0.178. The molecule has 2 rings (SSSR count). The van der Waals surface area contributed by atoms with Crippen molar-refractivity contribution in [2.75, 3.05) is 13.2 Å². The van der Waals surface area contributed by atoms with Gasteiger partial charge in [0.15, 0.2) is 0 Å². The molecule has 1 N–H and O–H groups in total. The van der Waals surface area contributed by atoms with Crippen LogP contribution in [0, 0.1) is 11.8 Å². The van der Waals surface area contributed by atoms with Crippen LogP contribution >= 0.6 is 0 Å². The van der Waals surface area contributed by atoms with Crippen molar-refractivity contribution >= 4 is 0 Å². The molecular formula is C11H20O2. The average Bonchev–Trinajstić information content (AvgIpc) is 2.43. The van der Waals surface area contributed by atoms with Crippen molar-refractivity contribution in [3.05, 3.63) is 0 Å². The van der Waals surface area contributed by atoms with Crippen LogP contribution in [-0.4, -0.2) is 24.4 Å². The van der Waals surface area contributed by atoms with E-state index in [4.69, 9.17) is 4.74 Å². The predicted molar refractivity (Wildman–Crippen MR) is 51.5 cm³/mol. The molecule has 0 spiro atoms. The van der Waals surface area contributed by atoms with Gasteiger partial charge in [-0.3, -0.25) is 0 Å². The third-order valence-corrected chi connectivity index (χ3v) is 3.60. The Morgan fingerprint density at radius 2 is 1.62 bits per heavy atom. The molecule has 76 valence electrons. The Morgan fingerprint density at radius 1 is 0.923 bits per heavy atom. The van der Waals surface area contributed by atoms with Crippen LogP contribution in [-0.2, 0) is 4.74 Å². The first-order valence-electron chi connectivity index (χ1n) is 5.64. The van der Waals surface area contributed by atoms with Gasteiger partial charge < -0.3 is 9.84 Å². The topological polar surface area (TPSA) is 29.5 Å². The average molecular weight is 184 g/mol. The summed E-state index contributed by atoms with van der Waals surface area (Å²) in [5, 5.41) is 9.71. The summed E-state index contributed by atoms with van der Waals surface area (Å²) in [5.74, 6) is 1.18. The fraction of sp³-hybridized carbons (Fsp3) is 1.00. The molecular weight excluding hydrogens is 164 g/mol. The van der Waals surface area contributed by atoms with Crippen LogP contribution in [0.5, 0.6) is 0 Å². The third kappa shape index (κ3) is 2.23. The molecule has 0 unspecified atom stereocenters. The normalized spacial score (nSPS) is 37.6. The molecule has 0 aromatic carbocycles.